The van der Waals surface area contributed by atoms with Gasteiger partial charge in [-0.2, -0.15) is 0 Å². The maximum atomic E-state index is 12.3. The lowest BCUT2D eigenvalue weighted by atomic mass is 10.0. The zero-order valence-electron chi connectivity index (χ0n) is 12.9. The Hall–Kier alpha value is -2.05. The Labute approximate surface area is 138 Å². The second-order valence-electron chi connectivity index (χ2n) is 5.32. The van der Waals surface area contributed by atoms with Gasteiger partial charge in [-0.1, -0.05) is 19.4 Å². The van der Waals surface area contributed by atoms with E-state index in [-0.39, 0.29) is 5.91 Å². The van der Waals surface area contributed by atoms with Crippen LogP contribution in [0.25, 0.3) is 0 Å². The Balaban J connectivity index is 1.94. The molecule has 0 saturated heterocycles. The molecule has 1 aromatic heterocycles. The lowest BCUT2D eigenvalue weighted by molar-refractivity contribution is 0.103. The highest BCUT2D eigenvalue weighted by Gasteiger charge is 2.21. The predicted molar refractivity (Wildman–Crippen MR) is 89.6 cm³/mol. The van der Waals surface area contributed by atoms with Gasteiger partial charge in [0.2, 0.25) is 0 Å². The summed E-state index contributed by atoms with van der Waals surface area (Å²) in [6, 6.07) is 7.09. The summed E-state index contributed by atoms with van der Waals surface area (Å²) in [5.41, 5.74) is 1.22. The molecule has 1 aliphatic heterocycles. The van der Waals surface area contributed by atoms with Crippen molar-refractivity contribution in [1.82, 2.24) is 0 Å². The van der Waals surface area contributed by atoms with Gasteiger partial charge in [0.15, 0.2) is 11.5 Å². The van der Waals surface area contributed by atoms with Gasteiger partial charge >= 0.3 is 0 Å². The summed E-state index contributed by atoms with van der Waals surface area (Å²) >= 11 is 1.37. The number of benzene rings is 1. The topological polar surface area (TPSA) is 67.8 Å². The number of rotatable bonds is 5. The first-order chi connectivity index (χ1) is 11.2. The van der Waals surface area contributed by atoms with Crippen LogP contribution >= 0.6 is 11.3 Å². The first kappa shape index (κ1) is 15.8. The van der Waals surface area contributed by atoms with E-state index in [2.05, 4.69) is 5.32 Å². The van der Waals surface area contributed by atoms with Crippen molar-refractivity contribution in [1.29, 1.82) is 0 Å². The number of aliphatic hydroxyl groups is 1. The summed E-state index contributed by atoms with van der Waals surface area (Å²) in [7, 11) is 0. The molecular weight excluding hydrogens is 314 g/mol. The van der Waals surface area contributed by atoms with Crippen molar-refractivity contribution >= 4 is 22.9 Å². The number of amides is 1. The number of anilines is 1. The van der Waals surface area contributed by atoms with Crippen LogP contribution in [0, 0.1) is 0 Å². The van der Waals surface area contributed by atoms with E-state index in [0.29, 0.717) is 47.3 Å². The summed E-state index contributed by atoms with van der Waals surface area (Å²) in [5, 5.41) is 15.1. The third-order valence-electron chi connectivity index (χ3n) is 3.63. The van der Waals surface area contributed by atoms with Crippen molar-refractivity contribution in [3.8, 4) is 11.5 Å². The van der Waals surface area contributed by atoms with Crippen molar-refractivity contribution < 1.29 is 19.4 Å². The highest BCUT2D eigenvalue weighted by atomic mass is 32.1. The van der Waals surface area contributed by atoms with Crippen LogP contribution in [0.3, 0.4) is 0 Å². The number of nitrogens with one attached hydrogen (secondary N) is 1. The maximum Gasteiger partial charge on any atom is 0.265 e. The van der Waals surface area contributed by atoms with Gasteiger partial charge in [-0.15, -0.1) is 11.3 Å². The molecule has 0 spiro atoms. The zero-order valence-corrected chi connectivity index (χ0v) is 13.7. The molecule has 6 heteroatoms. The summed E-state index contributed by atoms with van der Waals surface area (Å²) in [5.74, 6) is 1.00. The van der Waals surface area contributed by atoms with Gasteiger partial charge in [-0.3, -0.25) is 4.79 Å². The van der Waals surface area contributed by atoms with Crippen LogP contribution in [0.5, 0.6) is 11.5 Å². The molecule has 2 aromatic rings. The molecule has 1 aliphatic rings. The second kappa shape index (κ2) is 7.02. The number of ether oxygens (including phenoxy) is 2. The van der Waals surface area contributed by atoms with Gasteiger partial charge in [0.1, 0.15) is 13.2 Å². The van der Waals surface area contributed by atoms with Crippen molar-refractivity contribution in [3.05, 3.63) is 40.1 Å². The number of hydrogen-bond donors (Lipinski definition) is 2. The molecule has 5 nitrogen and oxygen atoms in total. The van der Waals surface area contributed by atoms with E-state index in [4.69, 9.17) is 9.47 Å². The van der Waals surface area contributed by atoms with E-state index >= 15 is 0 Å². The summed E-state index contributed by atoms with van der Waals surface area (Å²) in [6.07, 6.45) is 0.796. The van der Waals surface area contributed by atoms with Crippen LogP contribution in [0.1, 0.15) is 41.1 Å². The van der Waals surface area contributed by atoms with E-state index in [1.54, 1.807) is 18.2 Å². The number of carbonyl (C=O) groups is 1. The van der Waals surface area contributed by atoms with E-state index in [1.807, 2.05) is 18.4 Å². The minimum absolute atomic E-state index is 0.193. The molecule has 0 aliphatic carbocycles. The van der Waals surface area contributed by atoms with Crippen molar-refractivity contribution in [3.63, 3.8) is 0 Å². The summed E-state index contributed by atoms with van der Waals surface area (Å²) < 4.78 is 11.2. The molecule has 0 radical (unpaired) electrons. The van der Waals surface area contributed by atoms with Crippen LogP contribution in [0.4, 0.5) is 5.69 Å². The highest BCUT2D eigenvalue weighted by Crippen LogP contribution is 2.39. The van der Waals surface area contributed by atoms with Gasteiger partial charge in [0.25, 0.3) is 5.91 Å². The molecule has 122 valence electrons. The average Bonchev–Trinajstić information content (AvgIpc) is 3.09. The fraction of sp³-hybridized carbons (Fsp3) is 0.353. The standard InChI is InChI=1S/C17H19NO4S/c1-2-4-13(19)11-9-14-15(22-7-6-21-14)10-12(11)18-17(20)16-5-3-8-23-16/h3,5,8-10,13,19H,2,4,6-7H2,1H3,(H,18,20)/t13-/m0/s1. The highest BCUT2D eigenvalue weighted by molar-refractivity contribution is 7.12. The van der Waals surface area contributed by atoms with Crippen LogP contribution < -0.4 is 14.8 Å². The zero-order chi connectivity index (χ0) is 16.2. The van der Waals surface area contributed by atoms with Crippen molar-refractivity contribution in [2.45, 2.75) is 25.9 Å². The van der Waals surface area contributed by atoms with E-state index in [9.17, 15) is 9.90 Å². The number of aliphatic hydroxyl groups excluding tert-OH is 1. The smallest absolute Gasteiger partial charge is 0.265 e. The number of hydrogen-bond acceptors (Lipinski definition) is 5. The molecule has 23 heavy (non-hydrogen) atoms. The Bertz CT molecular complexity index is 684. The first-order valence-electron chi connectivity index (χ1n) is 7.65. The normalized spacial score (nSPS) is 14.3. The van der Waals surface area contributed by atoms with E-state index < -0.39 is 6.10 Å². The van der Waals surface area contributed by atoms with Gasteiger partial charge in [-0.25, -0.2) is 0 Å². The first-order valence-corrected chi connectivity index (χ1v) is 8.53. The molecule has 2 heterocycles. The Morgan fingerprint density at radius 2 is 2.09 bits per heavy atom. The lowest BCUT2D eigenvalue weighted by Crippen LogP contribution is -2.18. The molecule has 0 saturated carbocycles. The molecule has 0 fully saturated rings. The van der Waals surface area contributed by atoms with Gasteiger partial charge in [0.05, 0.1) is 16.7 Å². The fourth-order valence-corrected chi connectivity index (χ4v) is 3.13. The lowest BCUT2D eigenvalue weighted by Gasteiger charge is -2.23. The van der Waals surface area contributed by atoms with Crippen LogP contribution in [-0.4, -0.2) is 24.2 Å². The van der Waals surface area contributed by atoms with Crippen LogP contribution in [-0.2, 0) is 0 Å². The van der Waals surface area contributed by atoms with Gasteiger partial charge in [0, 0.05) is 11.6 Å². The molecule has 0 bridgehead atoms. The third kappa shape index (κ3) is 3.48. The van der Waals surface area contributed by atoms with Crippen molar-refractivity contribution in [2.75, 3.05) is 18.5 Å². The van der Waals surface area contributed by atoms with E-state index in [0.717, 1.165) is 6.42 Å². The fourth-order valence-electron chi connectivity index (χ4n) is 2.51. The number of carbonyl (C=O) groups excluding carboxylic acids is 1. The summed E-state index contributed by atoms with van der Waals surface area (Å²) in [4.78, 5) is 12.9. The van der Waals surface area contributed by atoms with Gasteiger partial charge < -0.3 is 19.9 Å². The average molecular weight is 333 g/mol. The SMILES string of the molecule is CCC[C@H](O)c1cc2c(cc1NC(=O)c1cccs1)OCCO2. The quantitative estimate of drug-likeness (QED) is 0.877. The van der Waals surface area contributed by atoms with E-state index in [1.165, 1.54) is 11.3 Å². The largest absolute Gasteiger partial charge is 0.486 e. The molecule has 1 amide bonds. The monoisotopic (exact) mass is 333 g/mol. The Kier molecular flexibility index (Phi) is 4.83. The van der Waals surface area contributed by atoms with Gasteiger partial charge in [-0.05, 0) is 23.9 Å². The maximum absolute atomic E-state index is 12.3. The molecule has 0 unspecified atom stereocenters. The van der Waals surface area contributed by atoms with Crippen LogP contribution in [0.15, 0.2) is 29.6 Å². The Morgan fingerprint density at radius 1 is 1.35 bits per heavy atom. The minimum Gasteiger partial charge on any atom is -0.486 e. The third-order valence-corrected chi connectivity index (χ3v) is 4.50. The second-order valence-corrected chi connectivity index (χ2v) is 6.27. The molecule has 3 rings (SSSR count). The summed E-state index contributed by atoms with van der Waals surface area (Å²) in [6.45, 7) is 2.96. The van der Waals surface area contributed by atoms with Crippen LogP contribution in [0.2, 0.25) is 0 Å². The number of fused-ring (bicyclic) bond motifs is 1. The number of thiophene rings is 1. The molecule has 2 N–H and O–H groups in total. The molecular formula is C17H19NO4S. The molecule has 1 aromatic carbocycles. The minimum atomic E-state index is -0.658. The Morgan fingerprint density at radius 3 is 2.74 bits per heavy atom. The predicted octanol–water partition coefficient (Wildman–Crippen LogP) is 3.61. The van der Waals surface area contributed by atoms with Crippen molar-refractivity contribution in [2.24, 2.45) is 0 Å². The molecule has 1 atom stereocenters.